The van der Waals surface area contributed by atoms with Gasteiger partial charge in [0.1, 0.15) is 11.9 Å². The van der Waals surface area contributed by atoms with Gasteiger partial charge in [0.25, 0.3) is 0 Å². The number of rotatable bonds is 4. The highest BCUT2D eigenvalue weighted by Crippen LogP contribution is 2.18. The second kappa shape index (κ2) is 6.35. The number of hydrogen-bond donors (Lipinski definition) is 2. The third kappa shape index (κ3) is 3.28. The summed E-state index contributed by atoms with van der Waals surface area (Å²) in [5, 5.41) is 16.1. The smallest absolute Gasteiger partial charge is 0.211 e. The number of halogens is 1. The van der Waals surface area contributed by atoms with Crippen molar-refractivity contribution < 1.29 is 4.39 Å². The fourth-order valence-corrected chi connectivity index (χ4v) is 1.55. The molecule has 0 fully saturated rings. The van der Waals surface area contributed by atoms with Crippen molar-refractivity contribution in [1.29, 1.82) is 5.26 Å². The molecule has 0 aromatic heterocycles. The van der Waals surface area contributed by atoms with Crippen molar-refractivity contribution in [1.82, 2.24) is 0 Å². The maximum Gasteiger partial charge on any atom is 0.211 e. The first-order valence-corrected chi connectivity index (χ1v) is 5.43. The van der Waals surface area contributed by atoms with E-state index in [0.29, 0.717) is 17.5 Å². The van der Waals surface area contributed by atoms with Gasteiger partial charge >= 0.3 is 0 Å². The fourth-order valence-electron chi connectivity index (χ4n) is 1.55. The largest absolute Gasteiger partial charge is 0.369 e. The lowest BCUT2D eigenvalue weighted by atomic mass is 9.98. The zero-order valence-corrected chi connectivity index (χ0v) is 10.0. The van der Waals surface area contributed by atoms with Gasteiger partial charge in [0.2, 0.25) is 5.96 Å². The first-order chi connectivity index (χ1) is 8.60. The molecule has 5 nitrogen and oxygen atoms in total. The average Bonchev–Trinajstić information content (AvgIpc) is 2.32. The number of guanidine groups is 1. The molecular weight excluding hydrogens is 233 g/mol. The van der Waals surface area contributed by atoms with Crippen LogP contribution in [-0.2, 0) is 6.42 Å². The van der Waals surface area contributed by atoms with Crippen LogP contribution in [-0.4, -0.2) is 12.2 Å². The van der Waals surface area contributed by atoms with Gasteiger partial charge in [-0.15, -0.1) is 5.10 Å². The first-order valence-electron chi connectivity index (χ1n) is 5.43. The van der Waals surface area contributed by atoms with Crippen molar-refractivity contribution in [3.8, 4) is 6.07 Å². The monoisotopic (exact) mass is 247 g/mol. The molecular formula is C12H14FN5. The van der Waals surface area contributed by atoms with E-state index in [4.69, 9.17) is 16.7 Å². The summed E-state index contributed by atoms with van der Waals surface area (Å²) in [6, 6.07) is 4.65. The summed E-state index contributed by atoms with van der Waals surface area (Å²) in [6.07, 6.45) is 2.79. The normalized spacial score (nSPS) is 10.3. The Morgan fingerprint density at radius 2 is 2.22 bits per heavy atom. The van der Waals surface area contributed by atoms with Crippen molar-refractivity contribution >= 4 is 12.2 Å². The zero-order valence-electron chi connectivity index (χ0n) is 10.0. The summed E-state index contributed by atoms with van der Waals surface area (Å²) in [5.41, 5.74) is 11.6. The second-order valence-corrected chi connectivity index (χ2v) is 3.62. The third-order valence-electron chi connectivity index (χ3n) is 2.28. The van der Waals surface area contributed by atoms with E-state index in [1.807, 2.05) is 13.0 Å². The molecule has 0 bridgehead atoms. The van der Waals surface area contributed by atoms with Crippen LogP contribution < -0.4 is 11.5 Å². The van der Waals surface area contributed by atoms with E-state index in [2.05, 4.69) is 10.2 Å². The molecule has 18 heavy (non-hydrogen) atoms. The van der Waals surface area contributed by atoms with Crippen LogP contribution in [0.5, 0.6) is 0 Å². The Labute approximate surface area is 105 Å². The van der Waals surface area contributed by atoms with Gasteiger partial charge in [0.05, 0.1) is 11.8 Å². The summed E-state index contributed by atoms with van der Waals surface area (Å²) in [6.45, 7) is 1.95. The van der Waals surface area contributed by atoms with E-state index >= 15 is 0 Å². The molecule has 94 valence electrons. The topological polar surface area (TPSA) is 101 Å². The molecule has 4 N–H and O–H groups in total. The first kappa shape index (κ1) is 13.6. The van der Waals surface area contributed by atoms with E-state index < -0.39 is 5.82 Å². The minimum absolute atomic E-state index is 0.0468. The molecule has 0 aliphatic rings. The van der Waals surface area contributed by atoms with Gasteiger partial charge in [0.15, 0.2) is 0 Å². The van der Waals surface area contributed by atoms with Crippen molar-refractivity contribution in [2.45, 2.75) is 19.8 Å². The van der Waals surface area contributed by atoms with Gasteiger partial charge in [0, 0.05) is 0 Å². The zero-order chi connectivity index (χ0) is 13.5. The molecule has 0 aliphatic carbocycles. The molecule has 0 heterocycles. The molecule has 0 spiro atoms. The van der Waals surface area contributed by atoms with Crippen LogP contribution >= 0.6 is 0 Å². The average molecular weight is 247 g/mol. The van der Waals surface area contributed by atoms with Crippen LogP contribution in [0.4, 0.5) is 4.39 Å². The Bertz CT molecular complexity index is 524. The molecule has 0 amide bonds. The molecule has 0 saturated carbocycles. The number of benzene rings is 1. The number of nitrogens with two attached hydrogens (primary N) is 2. The van der Waals surface area contributed by atoms with Crippen LogP contribution in [0.2, 0.25) is 0 Å². The van der Waals surface area contributed by atoms with Crippen molar-refractivity contribution in [3.05, 3.63) is 34.6 Å². The van der Waals surface area contributed by atoms with Crippen LogP contribution in [0.3, 0.4) is 0 Å². The highest BCUT2D eigenvalue weighted by molar-refractivity contribution is 5.84. The van der Waals surface area contributed by atoms with E-state index in [0.717, 1.165) is 6.42 Å². The van der Waals surface area contributed by atoms with Crippen molar-refractivity contribution in [2.75, 3.05) is 0 Å². The summed E-state index contributed by atoms with van der Waals surface area (Å²) < 4.78 is 13.5. The Morgan fingerprint density at radius 3 is 2.78 bits per heavy atom. The molecule has 1 aromatic rings. The standard InChI is InChI=1S/C12H14FN5/c1-2-3-9-8(7-17-18-12(15)16)4-5-11(13)10(9)6-14/h4-5,7H,2-3H2,1H3,(H4,15,16,18). The Morgan fingerprint density at radius 1 is 1.50 bits per heavy atom. The van der Waals surface area contributed by atoms with E-state index in [1.165, 1.54) is 12.3 Å². The predicted octanol–water partition coefficient (Wildman–Crippen LogP) is 1.26. The minimum Gasteiger partial charge on any atom is -0.369 e. The van der Waals surface area contributed by atoms with Gasteiger partial charge in [-0.1, -0.05) is 19.4 Å². The summed E-state index contributed by atoms with van der Waals surface area (Å²) in [4.78, 5) is 0. The molecule has 0 saturated heterocycles. The number of nitrogens with zero attached hydrogens (tertiary/aromatic N) is 3. The van der Waals surface area contributed by atoms with Crippen molar-refractivity contribution in [3.63, 3.8) is 0 Å². The van der Waals surface area contributed by atoms with Crippen LogP contribution in [0, 0.1) is 17.1 Å². The van der Waals surface area contributed by atoms with E-state index in [1.54, 1.807) is 6.07 Å². The number of nitriles is 1. The molecule has 0 unspecified atom stereocenters. The predicted molar refractivity (Wildman–Crippen MR) is 68.5 cm³/mol. The summed E-state index contributed by atoms with van der Waals surface area (Å²) in [7, 11) is 0. The van der Waals surface area contributed by atoms with E-state index in [9.17, 15) is 4.39 Å². The van der Waals surface area contributed by atoms with Crippen LogP contribution in [0.1, 0.15) is 30.0 Å². The fraction of sp³-hybridized carbons (Fsp3) is 0.250. The highest BCUT2D eigenvalue weighted by atomic mass is 19.1. The van der Waals surface area contributed by atoms with Crippen LogP contribution in [0.15, 0.2) is 22.3 Å². The summed E-state index contributed by atoms with van der Waals surface area (Å²) >= 11 is 0. The van der Waals surface area contributed by atoms with Gasteiger partial charge in [-0.25, -0.2) is 4.39 Å². The quantitative estimate of drug-likeness (QED) is 0.475. The maximum atomic E-state index is 13.5. The van der Waals surface area contributed by atoms with Gasteiger partial charge in [-0.2, -0.15) is 10.4 Å². The van der Waals surface area contributed by atoms with E-state index in [-0.39, 0.29) is 11.5 Å². The second-order valence-electron chi connectivity index (χ2n) is 3.62. The molecule has 1 aromatic carbocycles. The molecule has 6 heteroatoms. The molecule has 0 atom stereocenters. The number of hydrogen-bond acceptors (Lipinski definition) is 3. The van der Waals surface area contributed by atoms with Gasteiger partial charge in [-0.05, 0) is 23.6 Å². The van der Waals surface area contributed by atoms with Crippen LogP contribution in [0.25, 0.3) is 0 Å². The highest BCUT2D eigenvalue weighted by Gasteiger charge is 2.11. The van der Waals surface area contributed by atoms with Gasteiger partial charge in [-0.3, -0.25) is 0 Å². The molecule has 0 radical (unpaired) electrons. The molecule has 0 aliphatic heterocycles. The Balaban J connectivity index is 3.23. The summed E-state index contributed by atoms with van der Waals surface area (Å²) in [5.74, 6) is -0.689. The lowest BCUT2D eigenvalue weighted by Gasteiger charge is -2.07. The lowest BCUT2D eigenvalue weighted by Crippen LogP contribution is -2.21. The SMILES string of the molecule is CCCc1c(C=NN=C(N)N)ccc(F)c1C#N. The lowest BCUT2D eigenvalue weighted by molar-refractivity contribution is 0.620. The third-order valence-corrected chi connectivity index (χ3v) is 2.28. The maximum absolute atomic E-state index is 13.5. The Kier molecular flexibility index (Phi) is 4.81. The minimum atomic E-state index is -0.528. The Hall–Kier alpha value is -2.42. The van der Waals surface area contributed by atoms with Gasteiger partial charge < -0.3 is 11.5 Å². The van der Waals surface area contributed by atoms with Crippen molar-refractivity contribution in [2.24, 2.45) is 21.7 Å². The molecule has 1 rings (SSSR count).